The molecule has 1 fully saturated rings. The van der Waals surface area contributed by atoms with Crippen molar-refractivity contribution in [3.63, 3.8) is 0 Å². The van der Waals surface area contributed by atoms with E-state index in [-0.39, 0.29) is 22.9 Å². The Morgan fingerprint density at radius 1 is 1.55 bits per heavy atom. The fourth-order valence-electron chi connectivity index (χ4n) is 2.83. The average molecular weight is 344 g/mol. The summed E-state index contributed by atoms with van der Waals surface area (Å²) >= 11 is 2.96. The largest absolute Gasteiger partial charge is 0.477 e. The normalized spacial score (nSPS) is 26.5. The summed E-state index contributed by atoms with van der Waals surface area (Å²) in [6.45, 7) is 3.22. The Labute approximate surface area is 137 Å². The van der Waals surface area contributed by atoms with Crippen LogP contribution in [0.15, 0.2) is 10.6 Å². The van der Waals surface area contributed by atoms with E-state index in [2.05, 4.69) is 0 Å². The van der Waals surface area contributed by atoms with Crippen molar-refractivity contribution < 1.29 is 19.8 Å². The van der Waals surface area contributed by atoms with Crippen LogP contribution in [0.4, 0.5) is 0 Å². The van der Waals surface area contributed by atoms with Gasteiger partial charge in [-0.05, 0) is 32.3 Å². The van der Waals surface area contributed by atoms with Crippen molar-refractivity contribution in [3.05, 3.63) is 10.6 Å². The van der Waals surface area contributed by atoms with Crippen molar-refractivity contribution in [1.29, 1.82) is 5.41 Å². The zero-order chi connectivity index (χ0) is 16.6. The molecule has 3 unspecified atom stereocenters. The first-order valence-electron chi connectivity index (χ1n) is 7.00. The second-order valence-corrected chi connectivity index (χ2v) is 7.66. The highest BCUT2D eigenvalue weighted by atomic mass is 32.2. The lowest BCUT2D eigenvalue weighted by molar-refractivity contribution is -0.156. The summed E-state index contributed by atoms with van der Waals surface area (Å²) in [6, 6.07) is 0. The number of allylic oxidation sites excluding steroid dienone is 1. The second kappa shape index (κ2) is 6.64. The predicted molar refractivity (Wildman–Crippen MR) is 87.9 cm³/mol. The second-order valence-electron chi connectivity index (χ2n) is 5.52. The molecule has 3 N–H and O–H groups in total. The molecule has 1 saturated heterocycles. The molecule has 6 nitrogen and oxygen atoms in total. The van der Waals surface area contributed by atoms with E-state index in [9.17, 15) is 19.8 Å². The van der Waals surface area contributed by atoms with E-state index in [4.69, 9.17) is 5.41 Å². The SMILES string of the molecule is CSCCC(C(C)=N)C1=C(C(=O)O)N2C(=O)C(C(C)O)[C@@H]2S1. The average Bonchev–Trinajstić information content (AvgIpc) is 2.73. The van der Waals surface area contributed by atoms with Gasteiger partial charge in [0.25, 0.3) is 0 Å². The highest BCUT2D eigenvalue weighted by Crippen LogP contribution is 2.53. The smallest absolute Gasteiger partial charge is 0.353 e. The number of amides is 1. The molecule has 122 valence electrons. The van der Waals surface area contributed by atoms with Crippen LogP contribution in [-0.2, 0) is 9.59 Å². The summed E-state index contributed by atoms with van der Waals surface area (Å²) in [5, 5.41) is 26.8. The number of thioether (sulfide) groups is 2. The fourth-order valence-corrected chi connectivity index (χ4v) is 5.13. The molecule has 0 saturated carbocycles. The lowest BCUT2D eigenvalue weighted by Crippen LogP contribution is -2.60. The first-order valence-corrected chi connectivity index (χ1v) is 9.27. The number of hydrogen-bond acceptors (Lipinski definition) is 6. The molecule has 0 radical (unpaired) electrons. The van der Waals surface area contributed by atoms with E-state index in [1.807, 2.05) is 6.26 Å². The number of nitrogens with zero attached hydrogens (tertiary/aromatic N) is 1. The molecule has 0 aromatic heterocycles. The van der Waals surface area contributed by atoms with Gasteiger partial charge in [-0.15, -0.1) is 11.8 Å². The predicted octanol–water partition coefficient (Wildman–Crippen LogP) is 1.60. The maximum atomic E-state index is 12.1. The van der Waals surface area contributed by atoms with Crippen LogP contribution in [0.3, 0.4) is 0 Å². The minimum Gasteiger partial charge on any atom is -0.477 e. The monoisotopic (exact) mass is 344 g/mol. The number of carboxylic acids is 1. The number of aliphatic hydroxyl groups excluding tert-OH is 1. The zero-order valence-corrected chi connectivity index (χ0v) is 14.3. The number of carbonyl (C=O) groups is 2. The van der Waals surface area contributed by atoms with Crippen molar-refractivity contribution in [2.24, 2.45) is 11.8 Å². The highest BCUT2D eigenvalue weighted by Gasteiger charge is 2.58. The molecular formula is C14H20N2O4S2. The molecule has 4 atom stereocenters. The minimum atomic E-state index is -1.14. The first-order chi connectivity index (χ1) is 10.3. The molecular weight excluding hydrogens is 324 g/mol. The number of hydrogen-bond donors (Lipinski definition) is 3. The molecule has 0 aromatic carbocycles. The number of aliphatic hydroxyl groups is 1. The molecule has 2 aliphatic rings. The number of fused-ring (bicyclic) bond motifs is 1. The van der Waals surface area contributed by atoms with Gasteiger partial charge < -0.3 is 15.6 Å². The van der Waals surface area contributed by atoms with Crippen LogP contribution in [0.1, 0.15) is 20.3 Å². The number of nitrogens with one attached hydrogen (secondary N) is 1. The molecule has 2 rings (SSSR count). The number of carbonyl (C=O) groups excluding carboxylic acids is 1. The Morgan fingerprint density at radius 2 is 2.18 bits per heavy atom. The van der Waals surface area contributed by atoms with Crippen LogP contribution < -0.4 is 0 Å². The van der Waals surface area contributed by atoms with Gasteiger partial charge in [0.05, 0.1) is 12.0 Å². The third kappa shape index (κ3) is 2.79. The maximum Gasteiger partial charge on any atom is 0.353 e. The van der Waals surface area contributed by atoms with Gasteiger partial charge in [-0.1, -0.05) is 0 Å². The van der Waals surface area contributed by atoms with Crippen LogP contribution >= 0.6 is 23.5 Å². The molecule has 0 bridgehead atoms. The quantitative estimate of drug-likeness (QED) is 0.479. The maximum absolute atomic E-state index is 12.1. The van der Waals surface area contributed by atoms with Crippen LogP contribution in [0.25, 0.3) is 0 Å². The molecule has 1 amide bonds. The Balaban J connectivity index is 2.35. The summed E-state index contributed by atoms with van der Waals surface area (Å²) in [6.07, 6.45) is 1.83. The van der Waals surface area contributed by atoms with Gasteiger partial charge >= 0.3 is 5.97 Å². The first kappa shape index (κ1) is 17.4. The van der Waals surface area contributed by atoms with E-state index in [1.54, 1.807) is 25.6 Å². The molecule has 0 aromatic rings. The van der Waals surface area contributed by atoms with E-state index < -0.39 is 18.0 Å². The lowest BCUT2D eigenvalue weighted by Gasteiger charge is -2.43. The van der Waals surface area contributed by atoms with Crippen LogP contribution in [0.5, 0.6) is 0 Å². The summed E-state index contributed by atoms with van der Waals surface area (Å²) in [4.78, 5) is 25.6. The van der Waals surface area contributed by atoms with Gasteiger partial charge in [0.15, 0.2) is 0 Å². The number of β-lactam (4-membered cyclic amide) rings is 1. The highest BCUT2D eigenvalue weighted by molar-refractivity contribution is 8.04. The van der Waals surface area contributed by atoms with Gasteiger partial charge in [-0.2, -0.15) is 11.8 Å². The summed E-state index contributed by atoms with van der Waals surface area (Å²) in [5.41, 5.74) is 0.397. The zero-order valence-electron chi connectivity index (χ0n) is 12.7. The fraction of sp³-hybridized carbons (Fsp3) is 0.643. The van der Waals surface area contributed by atoms with Gasteiger partial charge in [-0.3, -0.25) is 9.69 Å². The third-order valence-electron chi connectivity index (χ3n) is 3.98. The van der Waals surface area contributed by atoms with Crippen LogP contribution in [0, 0.1) is 17.2 Å². The lowest BCUT2D eigenvalue weighted by atomic mass is 9.91. The van der Waals surface area contributed by atoms with Gasteiger partial charge in [-0.25, -0.2) is 4.79 Å². The van der Waals surface area contributed by atoms with Crippen molar-refractivity contribution in [2.75, 3.05) is 12.0 Å². The van der Waals surface area contributed by atoms with Crippen LogP contribution in [0.2, 0.25) is 0 Å². The van der Waals surface area contributed by atoms with Gasteiger partial charge in [0.2, 0.25) is 5.91 Å². The molecule has 22 heavy (non-hydrogen) atoms. The van der Waals surface area contributed by atoms with Crippen molar-refractivity contribution in [1.82, 2.24) is 4.90 Å². The van der Waals surface area contributed by atoms with Gasteiger partial charge in [0.1, 0.15) is 11.1 Å². The van der Waals surface area contributed by atoms with E-state index >= 15 is 0 Å². The molecule has 2 heterocycles. The summed E-state index contributed by atoms with van der Waals surface area (Å²) in [7, 11) is 0. The van der Waals surface area contributed by atoms with Crippen molar-refractivity contribution >= 4 is 41.1 Å². The number of carboxylic acid groups (broad SMARTS) is 1. The number of rotatable bonds is 7. The Bertz CT molecular complexity index is 547. The summed E-state index contributed by atoms with van der Waals surface area (Å²) in [5.74, 6) is -1.51. The number of aliphatic carboxylic acids is 1. The third-order valence-corrected chi connectivity index (χ3v) is 6.10. The summed E-state index contributed by atoms with van der Waals surface area (Å²) < 4.78 is 0. The standard InChI is InChI=1S/C14H20N2O4S2/c1-6(15)8(4-5-21-3)11-10(14(19)20)16-12(18)9(7(2)17)13(16)22-11/h7-9,13,15,17H,4-5H2,1-3H3,(H,19,20)/t7?,8?,9?,13-/m0/s1. The van der Waals surface area contributed by atoms with E-state index in [0.717, 1.165) is 5.75 Å². The van der Waals surface area contributed by atoms with Crippen molar-refractivity contribution in [3.8, 4) is 0 Å². The van der Waals surface area contributed by atoms with Gasteiger partial charge in [0, 0.05) is 16.5 Å². The van der Waals surface area contributed by atoms with E-state index in [1.165, 1.54) is 16.7 Å². The topological polar surface area (TPSA) is 102 Å². The van der Waals surface area contributed by atoms with Crippen LogP contribution in [-0.4, -0.2) is 56.2 Å². The minimum absolute atomic E-state index is 0.00500. The molecule has 8 heteroatoms. The van der Waals surface area contributed by atoms with E-state index in [0.29, 0.717) is 17.0 Å². The molecule has 0 spiro atoms. The Kier molecular flexibility index (Phi) is 5.24. The Hall–Kier alpha value is -0.990. The molecule has 0 aliphatic carbocycles. The molecule has 2 aliphatic heterocycles. The van der Waals surface area contributed by atoms with Crippen molar-refractivity contribution in [2.45, 2.75) is 31.7 Å². The Morgan fingerprint density at radius 3 is 2.64 bits per heavy atom.